The molecule has 0 spiro atoms. The van der Waals surface area contributed by atoms with E-state index in [0.717, 1.165) is 12.8 Å². The van der Waals surface area contributed by atoms with Crippen molar-refractivity contribution in [1.29, 1.82) is 0 Å². The molecular formula is C10H18O3S. The van der Waals surface area contributed by atoms with Gasteiger partial charge in [0.2, 0.25) is 0 Å². The number of ketones is 1. The minimum absolute atomic E-state index is 0.149. The molecule has 0 radical (unpaired) electrons. The van der Waals surface area contributed by atoms with E-state index in [1.54, 1.807) is 20.8 Å². The Morgan fingerprint density at radius 3 is 2.14 bits per heavy atom. The van der Waals surface area contributed by atoms with Crippen molar-refractivity contribution in [3.05, 3.63) is 0 Å². The molecule has 0 aromatic carbocycles. The monoisotopic (exact) mass is 218 g/mol. The zero-order valence-electron chi connectivity index (χ0n) is 9.04. The Labute approximate surface area is 85.8 Å². The molecule has 0 atom stereocenters. The Hall–Kier alpha value is -0.380. The second-order valence-corrected chi connectivity index (χ2v) is 7.18. The van der Waals surface area contributed by atoms with Crippen LogP contribution in [0, 0.1) is 5.41 Å². The zero-order chi connectivity index (χ0) is 11.0. The minimum Gasteiger partial charge on any atom is -0.299 e. The standard InChI is InChI=1S/C10H18O3S/c1-8(2)14(12,13)7-6-10(4-5-10)9(3)11/h8H,4-7H2,1-3H3. The first-order valence-electron chi connectivity index (χ1n) is 5.03. The lowest BCUT2D eigenvalue weighted by Gasteiger charge is -2.12. The molecule has 1 saturated carbocycles. The topological polar surface area (TPSA) is 51.2 Å². The van der Waals surface area contributed by atoms with Crippen molar-refractivity contribution in [2.75, 3.05) is 5.75 Å². The van der Waals surface area contributed by atoms with E-state index in [0.29, 0.717) is 6.42 Å². The van der Waals surface area contributed by atoms with Gasteiger partial charge in [0, 0.05) is 5.41 Å². The van der Waals surface area contributed by atoms with E-state index in [1.165, 1.54) is 0 Å². The number of hydrogen-bond donors (Lipinski definition) is 0. The number of carbonyl (C=O) groups excluding carboxylic acids is 1. The number of sulfone groups is 1. The molecule has 0 heterocycles. The van der Waals surface area contributed by atoms with Crippen LogP contribution in [0.2, 0.25) is 0 Å². The van der Waals surface area contributed by atoms with E-state index in [9.17, 15) is 13.2 Å². The lowest BCUT2D eigenvalue weighted by Crippen LogP contribution is -2.22. The smallest absolute Gasteiger partial charge is 0.152 e. The normalized spacial score (nSPS) is 19.7. The van der Waals surface area contributed by atoms with Crippen molar-refractivity contribution in [2.24, 2.45) is 5.41 Å². The van der Waals surface area contributed by atoms with Crippen molar-refractivity contribution in [3.8, 4) is 0 Å². The van der Waals surface area contributed by atoms with Crippen molar-refractivity contribution < 1.29 is 13.2 Å². The van der Waals surface area contributed by atoms with Gasteiger partial charge < -0.3 is 0 Å². The average Bonchev–Trinajstić information content (AvgIpc) is 2.81. The van der Waals surface area contributed by atoms with Crippen LogP contribution in [-0.2, 0) is 14.6 Å². The van der Waals surface area contributed by atoms with E-state index >= 15 is 0 Å². The predicted molar refractivity (Wildman–Crippen MR) is 55.9 cm³/mol. The van der Waals surface area contributed by atoms with Crippen LogP contribution >= 0.6 is 0 Å². The van der Waals surface area contributed by atoms with Crippen molar-refractivity contribution >= 4 is 15.6 Å². The maximum Gasteiger partial charge on any atom is 0.152 e. The van der Waals surface area contributed by atoms with Crippen LogP contribution in [0.4, 0.5) is 0 Å². The Bertz CT molecular complexity index is 323. The van der Waals surface area contributed by atoms with E-state index in [4.69, 9.17) is 0 Å². The van der Waals surface area contributed by atoms with Gasteiger partial charge in [0.1, 0.15) is 5.78 Å². The average molecular weight is 218 g/mol. The van der Waals surface area contributed by atoms with Gasteiger partial charge in [0.25, 0.3) is 0 Å². The number of rotatable bonds is 5. The molecule has 1 aliphatic carbocycles. The van der Waals surface area contributed by atoms with E-state index in [-0.39, 0.29) is 22.2 Å². The SMILES string of the molecule is CC(=O)C1(CCS(=O)(=O)C(C)C)CC1. The lowest BCUT2D eigenvalue weighted by molar-refractivity contribution is -0.122. The molecule has 0 bridgehead atoms. The maximum absolute atomic E-state index is 11.5. The third-order valence-electron chi connectivity index (χ3n) is 3.18. The Morgan fingerprint density at radius 2 is 1.86 bits per heavy atom. The van der Waals surface area contributed by atoms with Gasteiger partial charge in [-0.05, 0) is 40.0 Å². The van der Waals surface area contributed by atoms with Gasteiger partial charge >= 0.3 is 0 Å². The Morgan fingerprint density at radius 1 is 1.36 bits per heavy atom. The van der Waals surface area contributed by atoms with Crippen LogP contribution in [0.1, 0.15) is 40.0 Å². The predicted octanol–water partition coefficient (Wildman–Crippen LogP) is 1.57. The highest BCUT2D eigenvalue weighted by Gasteiger charge is 2.47. The highest BCUT2D eigenvalue weighted by molar-refractivity contribution is 7.91. The second kappa shape index (κ2) is 3.65. The summed E-state index contributed by atoms with van der Waals surface area (Å²) in [7, 11) is -2.98. The summed E-state index contributed by atoms with van der Waals surface area (Å²) in [5, 5.41) is -0.328. The highest BCUT2D eigenvalue weighted by Crippen LogP contribution is 2.49. The quantitative estimate of drug-likeness (QED) is 0.703. The molecule has 1 rings (SSSR count). The molecule has 0 N–H and O–H groups in total. The molecule has 0 aromatic rings. The summed E-state index contributed by atoms with van der Waals surface area (Å²) >= 11 is 0. The first-order chi connectivity index (χ1) is 6.30. The molecule has 4 heteroatoms. The van der Waals surface area contributed by atoms with Gasteiger partial charge in [-0.3, -0.25) is 4.79 Å². The molecule has 1 aliphatic rings. The number of carbonyl (C=O) groups is 1. The first-order valence-corrected chi connectivity index (χ1v) is 6.74. The van der Waals surface area contributed by atoms with Crippen LogP contribution in [0.5, 0.6) is 0 Å². The molecule has 3 nitrogen and oxygen atoms in total. The van der Waals surface area contributed by atoms with Gasteiger partial charge in [-0.15, -0.1) is 0 Å². The fourth-order valence-electron chi connectivity index (χ4n) is 1.50. The van der Waals surface area contributed by atoms with Gasteiger partial charge in [-0.25, -0.2) is 8.42 Å². The molecule has 0 amide bonds. The van der Waals surface area contributed by atoms with E-state index in [2.05, 4.69) is 0 Å². The maximum atomic E-state index is 11.5. The highest BCUT2D eigenvalue weighted by atomic mass is 32.2. The third kappa shape index (κ3) is 2.35. The van der Waals surface area contributed by atoms with Crippen molar-refractivity contribution in [1.82, 2.24) is 0 Å². The zero-order valence-corrected chi connectivity index (χ0v) is 9.86. The molecule has 82 valence electrons. The third-order valence-corrected chi connectivity index (χ3v) is 5.39. The molecule has 0 saturated heterocycles. The van der Waals surface area contributed by atoms with E-state index in [1.807, 2.05) is 0 Å². The lowest BCUT2D eigenvalue weighted by atomic mass is 9.99. The number of Topliss-reactive ketones (excluding diaryl/α,β-unsaturated/α-hetero) is 1. The molecule has 1 fully saturated rings. The first kappa shape index (κ1) is 11.7. The molecule has 0 unspecified atom stereocenters. The van der Waals surface area contributed by atoms with Crippen LogP contribution in [0.25, 0.3) is 0 Å². The summed E-state index contributed by atoms with van der Waals surface area (Å²) in [6.45, 7) is 4.93. The summed E-state index contributed by atoms with van der Waals surface area (Å²) in [5.74, 6) is 0.306. The Kier molecular flexibility index (Phi) is 3.04. The van der Waals surface area contributed by atoms with Crippen LogP contribution in [-0.4, -0.2) is 25.2 Å². The molecule has 0 aromatic heterocycles. The largest absolute Gasteiger partial charge is 0.299 e. The molecule has 14 heavy (non-hydrogen) atoms. The summed E-state index contributed by atoms with van der Waals surface area (Å²) in [5.41, 5.74) is -0.276. The van der Waals surface area contributed by atoms with Crippen LogP contribution < -0.4 is 0 Å². The summed E-state index contributed by atoms with van der Waals surface area (Å²) in [4.78, 5) is 11.2. The summed E-state index contributed by atoms with van der Waals surface area (Å²) in [6, 6.07) is 0. The van der Waals surface area contributed by atoms with E-state index < -0.39 is 9.84 Å². The van der Waals surface area contributed by atoms with Crippen molar-refractivity contribution in [3.63, 3.8) is 0 Å². The summed E-state index contributed by atoms with van der Waals surface area (Å²) in [6.07, 6.45) is 2.26. The van der Waals surface area contributed by atoms with Gasteiger partial charge in [-0.1, -0.05) is 0 Å². The van der Waals surface area contributed by atoms with Gasteiger partial charge in [0.15, 0.2) is 9.84 Å². The van der Waals surface area contributed by atoms with Crippen molar-refractivity contribution in [2.45, 2.75) is 45.3 Å². The molecule has 0 aliphatic heterocycles. The molecular weight excluding hydrogens is 200 g/mol. The van der Waals surface area contributed by atoms with Gasteiger partial charge in [-0.2, -0.15) is 0 Å². The summed E-state index contributed by atoms with van der Waals surface area (Å²) < 4.78 is 23.0. The van der Waals surface area contributed by atoms with Crippen LogP contribution in [0.15, 0.2) is 0 Å². The fraction of sp³-hybridized carbons (Fsp3) is 0.900. The van der Waals surface area contributed by atoms with Gasteiger partial charge in [0.05, 0.1) is 11.0 Å². The second-order valence-electron chi connectivity index (χ2n) is 4.50. The van der Waals surface area contributed by atoms with Crippen LogP contribution in [0.3, 0.4) is 0 Å². The fourth-order valence-corrected chi connectivity index (χ4v) is 2.65. The Balaban J connectivity index is 2.54. The minimum atomic E-state index is -2.98. The number of hydrogen-bond acceptors (Lipinski definition) is 3.